The van der Waals surface area contributed by atoms with Crippen molar-refractivity contribution in [3.05, 3.63) is 93.9 Å². The molecule has 9 nitrogen and oxygen atoms in total. The number of fused-ring (bicyclic) bond motifs is 1. The predicted molar refractivity (Wildman–Crippen MR) is 189 cm³/mol. The van der Waals surface area contributed by atoms with E-state index in [9.17, 15) is 14.4 Å². The first kappa shape index (κ1) is 33.9. The summed E-state index contributed by atoms with van der Waals surface area (Å²) in [5.74, 6) is -0.625. The minimum Gasteiger partial charge on any atom is -0.496 e. The predicted octanol–water partition coefficient (Wildman–Crippen LogP) is 5.55. The molecule has 1 atom stereocenters. The Balaban J connectivity index is 0.942. The van der Waals surface area contributed by atoms with Gasteiger partial charge in [0.1, 0.15) is 23.4 Å². The van der Waals surface area contributed by atoms with Crippen molar-refractivity contribution in [2.75, 3.05) is 38.6 Å². The van der Waals surface area contributed by atoms with E-state index in [1.165, 1.54) is 10.6 Å². The summed E-state index contributed by atoms with van der Waals surface area (Å²) in [4.78, 5) is 41.0. The topological polar surface area (TPSA) is 95.9 Å². The van der Waals surface area contributed by atoms with Gasteiger partial charge in [0, 0.05) is 54.5 Å². The normalized spacial score (nSPS) is 19.9. The molecule has 4 aromatic rings. The quantitative estimate of drug-likeness (QED) is 0.235. The highest BCUT2D eigenvalue weighted by molar-refractivity contribution is 6.01. The van der Waals surface area contributed by atoms with Crippen molar-refractivity contribution in [3.63, 3.8) is 0 Å². The largest absolute Gasteiger partial charge is 0.496 e. The number of hydrogen-bond acceptors (Lipinski definition) is 7. The third-order valence-corrected chi connectivity index (χ3v) is 10.8. The Labute approximate surface area is 290 Å². The molecule has 1 unspecified atom stereocenters. The van der Waals surface area contributed by atoms with Gasteiger partial charge in [-0.1, -0.05) is 24.3 Å². The number of anilines is 1. The minimum absolute atomic E-state index is 0.0945. The number of rotatable bonds is 8. The van der Waals surface area contributed by atoms with Crippen LogP contribution in [0.5, 0.6) is 5.75 Å². The van der Waals surface area contributed by atoms with Crippen LogP contribution in [0.25, 0.3) is 21.9 Å². The Hall–Kier alpha value is -4.61. The van der Waals surface area contributed by atoms with E-state index in [1.807, 2.05) is 36.4 Å². The number of likely N-dealkylation sites (tertiary alicyclic amines) is 2. The van der Waals surface area contributed by atoms with Crippen LogP contribution in [0.2, 0.25) is 0 Å². The van der Waals surface area contributed by atoms with Gasteiger partial charge in [-0.05, 0) is 111 Å². The van der Waals surface area contributed by atoms with Crippen LogP contribution < -0.4 is 20.9 Å². The number of nitrogens with one attached hydrogen (secondary N) is 2. The van der Waals surface area contributed by atoms with E-state index in [2.05, 4.69) is 20.4 Å². The van der Waals surface area contributed by atoms with Gasteiger partial charge in [0.15, 0.2) is 0 Å². The molecular formula is C39H43F2N5O4. The molecule has 3 fully saturated rings. The van der Waals surface area contributed by atoms with E-state index in [-0.39, 0.29) is 41.3 Å². The lowest BCUT2D eigenvalue weighted by Gasteiger charge is -2.42. The Morgan fingerprint density at radius 1 is 0.880 bits per heavy atom. The van der Waals surface area contributed by atoms with Gasteiger partial charge >= 0.3 is 0 Å². The third-order valence-electron chi connectivity index (χ3n) is 10.8. The van der Waals surface area contributed by atoms with Gasteiger partial charge in [-0.25, -0.2) is 8.78 Å². The first-order chi connectivity index (χ1) is 24.2. The van der Waals surface area contributed by atoms with E-state index in [4.69, 9.17) is 4.74 Å². The van der Waals surface area contributed by atoms with Crippen LogP contribution >= 0.6 is 0 Å². The monoisotopic (exact) mass is 683 g/mol. The first-order valence-electron chi connectivity index (χ1n) is 17.5. The highest BCUT2D eigenvalue weighted by Crippen LogP contribution is 2.36. The van der Waals surface area contributed by atoms with Gasteiger partial charge in [0.25, 0.3) is 5.56 Å². The van der Waals surface area contributed by atoms with E-state index in [0.29, 0.717) is 52.5 Å². The summed E-state index contributed by atoms with van der Waals surface area (Å²) >= 11 is 0. The van der Waals surface area contributed by atoms with Gasteiger partial charge in [-0.15, -0.1) is 0 Å². The number of amides is 2. The van der Waals surface area contributed by atoms with Crippen molar-refractivity contribution in [2.24, 2.45) is 7.05 Å². The minimum atomic E-state index is -0.548. The Morgan fingerprint density at radius 3 is 2.32 bits per heavy atom. The zero-order chi connectivity index (χ0) is 34.9. The molecular weight excluding hydrogens is 640 g/mol. The molecule has 2 N–H and O–H groups in total. The van der Waals surface area contributed by atoms with E-state index in [1.54, 1.807) is 32.5 Å². The summed E-state index contributed by atoms with van der Waals surface area (Å²) in [5, 5.41) is 6.75. The Morgan fingerprint density at radius 2 is 1.62 bits per heavy atom. The van der Waals surface area contributed by atoms with Crippen LogP contribution in [-0.2, 0) is 23.2 Å². The molecule has 4 heterocycles. The second-order valence-electron chi connectivity index (χ2n) is 13.8. The molecule has 11 heteroatoms. The second kappa shape index (κ2) is 14.3. The lowest BCUT2D eigenvalue weighted by atomic mass is 9.87. The Kier molecular flexibility index (Phi) is 9.70. The molecule has 0 radical (unpaired) electrons. The number of methoxy groups -OCH3 is 1. The average molecular weight is 684 g/mol. The van der Waals surface area contributed by atoms with Crippen LogP contribution in [-0.4, -0.2) is 71.6 Å². The molecule has 3 aliphatic heterocycles. The van der Waals surface area contributed by atoms with Crippen molar-refractivity contribution in [2.45, 2.75) is 63.1 Å². The highest BCUT2D eigenvalue weighted by Gasteiger charge is 2.31. The van der Waals surface area contributed by atoms with Crippen LogP contribution in [0.1, 0.15) is 55.6 Å². The molecule has 50 heavy (non-hydrogen) atoms. The zero-order valence-electron chi connectivity index (χ0n) is 28.5. The van der Waals surface area contributed by atoms with Crippen LogP contribution in [0.15, 0.2) is 65.6 Å². The van der Waals surface area contributed by atoms with E-state index < -0.39 is 6.04 Å². The third kappa shape index (κ3) is 6.89. The average Bonchev–Trinajstić information content (AvgIpc) is 3.12. The van der Waals surface area contributed by atoms with Crippen molar-refractivity contribution >= 4 is 28.3 Å². The van der Waals surface area contributed by atoms with E-state index >= 15 is 8.78 Å². The number of carbonyl (C=O) groups is 2. The highest BCUT2D eigenvalue weighted by atomic mass is 19.1. The van der Waals surface area contributed by atoms with Crippen LogP contribution in [0.3, 0.4) is 0 Å². The summed E-state index contributed by atoms with van der Waals surface area (Å²) in [6, 6.07) is 15.8. The van der Waals surface area contributed by atoms with Crippen LogP contribution in [0, 0.1) is 11.6 Å². The van der Waals surface area contributed by atoms with Gasteiger partial charge < -0.3 is 19.5 Å². The molecule has 0 bridgehead atoms. The maximum Gasteiger partial charge on any atom is 0.258 e. The number of benzene rings is 3. The number of ether oxygens (including phenoxy) is 1. The molecule has 262 valence electrons. The smallest absolute Gasteiger partial charge is 0.258 e. The summed E-state index contributed by atoms with van der Waals surface area (Å²) < 4.78 is 38.3. The lowest BCUT2D eigenvalue weighted by Crippen LogP contribution is -2.47. The molecule has 0 saturated carbocycles. The maximum atomic E-state index is 15.8. The number of hydrogen-bond donors (Lipinski definition) is 2. The van der Waals surface area contributed by atoms with Crippen molar-refractivity contribution < 1.29 is 23.1 Å². The number of halogens is 2. The Bertz CT molecular complexity index is 1980. The fraction of sp³-hybridized carbons (Fsp3) is 0.410. The SMILES string of the molecule is COc1cc(-c2cn(C)c(=O)c3ccccc23)cc(F)c1CN1CCC(N2CCC(c3ccc(NC4CCC(=O)NC4=O)cc3F)CC2)CC1. The number of imide groups is 1. The number of aryl methyl sites for hydroxylation is 1. The maximum absolute atomic E-state index is 15.8. The number of pyridine rings is 1. The number of carbonyl (C=O) groups excluding carboxylic acids is 2. The molecule has 1 aromatic heterocycles. The standard InChI is InChI=1S/C39H43F2N5O4/c1-44-22-31(29-5-3-4-6-30(29)39(44)49)25-19-33(40)32(36(20-25)50-2)23-45-15-13-27(14-16-45)46-17-11-24(12-18-46)28-8-7-26(21-34(28)41)42-35-9-10-37(47)43-38(35)48/h3-8,19-22,24,27,35,42H,9-18,23H2,1-2H3,(H,43,47,48). The van der Waals surface area contributed by atoms with Crippen molar-refractivity contribution in [1.82, 2.24) is 19.7 Å². The molecule has 7 rings (SSSR count). The summed E-state index contributed by atoms with van der Waals surface area (Å²) in [7, 11) is 3.27. The fourth-order valence-corrected chi connectivity index (χ4v) is 7.97. The number of piperidine rings is 3. The molecule has 3 aliphatic rings. The second-order valence-corrected chi connectivity index (χ2v) is 13.8. The van der Waals surface area contributed by atoms with Gasteiger partial charge in [0.2, 0.25) is 11.8 Å². The number of aromatic nitrogens is 1. The summed E-state index contributed by atoms with van der Waals surface area (Å²) in [5.41, 5.74) is 3.12. The summed E-state index contributed by atoms with van der Waals surface area (Å²) in [6.07, 6.45) is 6.11. The number of nitrogens with zero attached hydrogens (tertiary/aromatic N) is 3. The lowest BCUT2D eigenvalue weighted by molar-refractivity contribution is -0.133. The van der Waals surface area contributed by atoms with Gasteiger partial charge in [0.05, 0.1) is 7.11 Å². The zero-order valence-corrected chi connectivity index (χ0v) is 28.5. The fourth-order valence-electron chi connectivity index (χ4n) is 7.97. The van der Waals surface area contributed by atoms with Gasteiger partial charge in [-0.3, -0.25) is 24.6 Å². The first-order valence-corrected chi connectivity index (χ1v) is 17.5. The molecule has 2 amide bonds. The van der Waals surface area contributed by atoms with Crippen molar-refractivity contribution in [1.29, 1.82) is 0 Å². The van der Waals surface area contributed by atoms with Crippen molar-refractivity contribution in [3.8, 4) is 16.9 Å². The molecule has 3 aromatic carbocycles. The van der Waals surface area contributed by atoms with E-state index in [0.717, 1.165) is 62.8 Å². The molecule has 0 aliphatic carbocycles. The molecule has 3 saturated heterocycles. The molecule has 0 spiro atoms. The summed E-state index contributed by atoms with van der Waals surface area (Å²) in [6.45, 7) is 3.93. The van der Waals surface area contributed by atoms with Gasteiger partial charge in [-0.2, -0.15) is 0 Å². The van der Waals surface area contributed by atoms with Crippen LogP contribution in [0.4, 0.5) is 14.5 Å².